The van der Waals surface area contributed by atoms with E-state index in [9.17, 15) is 48.9 Å². The molecule has 0 spiro atoms. The summed E-state index contributed by atoms with van der Waals surface area (Å²) in [5.41, 5.74) is 22.2. The second-order valence-corrected chi connectivity index (χ2v) is 14.8. The molecule has 0 aromatic rings. The van der Waals surface area contributed by atoms with Gasteiger partial charge in [0, 0.05) is 19.6 Å². The predicted octanol–water partition coefficient (Wildman–Crippen LogP) is -5.11. The summed E-state index contributed by atoms with van der Waals surface area (Å²) in [5.74, 6) is -7.30. The summed E-state index contributed by atoms with van der Waals surface area (Å²) in [7, 11) is 0. The van der Waals surface area contributed by atoms with Gasteiger partial charge in [0.15, 0.2) is 11.9 Å². The molecule has 6 amide bonds. The van der Waals surface area contributed by atoms with Crippen LogP contribution in [0.25, 0.3) is 0 Å². The summed E-state index contributed by atoms with van der Waals surface area (Å²) in [6.07, 6.45) is 1.06. The van der Waals surface area contributed by atoms with Gasteiger partial charge in [-0.15, -0.1) is 0 Å². The van der Waals surface area contributed by atoms with Crippen molar-refractivity contribution in [1.82, 2.24) is 42.1 Å². The van der Waals surface area contributed by atoms with Crippen molar-refractivity contribution in [2.45, 2.75) is 133 Å². The van der Waals surface area contributed by atoms with Crippen LogP contribution in [0.15, 0.2) is 0 Å². The number of likely N-dealkylation sites (tertiary alicyclic amines) is 1. The topological polar surface area (TPSA) is 419 Å². The minimum absolute atomic E-state index is 0.0580. The Kier molecular flexibility index (Phi) is 24.1. The number of rotatable bonds is 28. The van der Waals surface area contributed by atoms with Crippen LogP contribution >= 0.6 is 0 Å². The van der Waals surface area contributed by atoms with Gasteiger partial charge in [-0.25, -0.2) is 4.79 Å². The molecule has 0 aliphatic carbocycles. The van der Waals surface area contributed by atoms with Gasteiger partial charge in [-0.1, -0.05) is 20.3 Å². The number of carbonyl (C=O) groups excluding carboxylic acids is 6. The zero-order valence-corrected chi connectivity index (χ0v) is 34.8. The first-order chi connectivity index (χ1) is 28.3. The lowest BCUT2D eigenvalue weighted by atomic mass is 9.96. The van der Waals surface area contributed by atoms with Crippen LogP contribution in [0.2, 0.25) is 0 Å². The highest BCUT2D eigenvalue weighted by atomic mass is 16.4. The highest BCUT2D eigenvalue weighted by Gasteiger charge is 2.39. The highest BCUT2D eigenvalue weighted by Crippen LogP contribution is 2.19. The van der Waals surface area contributed by atoms with Crippen molar-refractivity contribution in [2.75, 3.05) is 32.8 Å². The molecule has 24 heteroatoms. The molecule has 1 rings (SSSR count). The summed E-state index contributed by atoms with van der Waals surface area (Å²) in [5, 5.41) is 62.4. The molecule has 342 valence electrons. The molecule has 0 bridgehead atoms. The Hall–Kier alpha value is -5.33. The Labute approximate surface area is 349 Å². The van der Waals surface area contributed by atoms with Crippen molar-refractivity contribution in [3.63, 3.8) is 0 Å². The number of hydrogen-bond donors (Lipinski definition) is 16. The molecule has 0 radical (unpaired) electrons. The van der Waals surface area contributed by atoms with Crippen LogP contribution in [-0.4, -0.2) is 155 Å². The van der Waals surface area contributed by atoms with E-state index in [0.29, 0.717) is 32.2 Å². The van der Waals surface area contributed by atoms with Crippen molar-refractivity contribution in [3.05, 3.63) is 0 Å². The Balaban J connectivity index is 3.42. The fraction of sp³-hybridized carbons (Fsp3) is 0.750. The van der Waals surface area contributed by atoms with Crippen LogP contribution in [0.3, 0.4) is 0 Å². The number of nitrogens with two attached hydrogens (primary N) is 4. The maximum atomic E-state index is 14.0. The zero-order valence-electron chi connectivity index (χ0n) is 34.8. The van der Waals surface area contributed by atoms with E-state index >= 15 is 0 Å². The van der Waals surface area contributed by atoms with Crippen LogP contribution in [0, 0.1) is 16.7 Å². The molecule has 1 aliphatic heterocycles. The Morgan fingerprint density at radius 3 is 1.65 bits per heavy atom. The smallest absolute Gasteiger partial charge is 0.326 e. The molecular weight excluding hydrogens is 788 g/mol. The van der Waals surface area contributed by atoms with Crippen molar-refractivity contribution >= 4 is 53.3 Å². The van der Waals surface area contributed by atoms with E-state index < -0.39 is 102 Å². The monoisotopic (exact) mass is 857 g/mol. The third kappa shape index (κ3) is 18.3. The van der Waals surface area contributed by atoms with E-state index in [1.54, 1.807) is 13.8 Å². The SMILES string of the molecule is CCC(C)C(NC(=O)C(CCCCN)NC(=O)C(N)C(C)O)C(=O)NC(CCCNC(=N)N)C(=O)NC(CCCNC(=N)N)C(=O)NC(CO)C(=O)N1CCCC1C(=O)O. The van der Waals surface area contributed by atoms with Gasteiger partial charge < -0.3 is 80.4 Å². The maximum absolute atomic E-state index is 14.0. The quantitative estimate of drug-likeness (QED) is 0.0199. The summed E-state index contributed by atoms with van der Waals surface area (Å²) in [6.45, 7) is 4.55. The van der Waals surface area contributed by atoms with Crippen LogP contribution in [0.5, 0.6) is 0 Å². The first-order valence-electron chi connectivity index (χ1n) is 20.2. The Bertz CT molecular complexity index is 1470. The summed E-state index contributed by atoms with van der Waals surface area (Å²) >= 11 is 0. The summed E-state index contributed by atoms with van der Waals surface area (Å²) in [6, 6.07) is -9.14. The molecular formula is C36H68N14O10. The van der Waals surface area contributed by atoms with Gasteiger partial charge in [0.25, 0.3) is 0 Å². The van der Waals surface area contributed by atoms with Crippen molar-refractivity contribution in [3.8, 4) is 0 Å². The predicted molar refractivity (Wildman–Crippen MR) is 219 cm³/mol. The number of carboxylic acids is 1. The summed E-state index contributed by atoms with van der Waals surface area (Å²) in [4.78, 5) is 94.2. The lowest BCUT2D eigenvalue weighted by molar-refractivity contribution is -0.150. The fourth-order valence-electron chi connectivity index (χ4n) is 6.28. The van der Waals surface area contributed by atoms with E-state index in [0.717, 1.165) is 4.90 Å². The van der Waals surface area contributed by atoms with E-state index in [2.05, 4.69) is 37.2 Å². The molecule has 1 saturated heterocycles. The Morgan fingerprint density at radius 1 is 0.733 bits per heavy atom. The highest BCUT2D eigenvalue weighted by molar-refractivity contribution is 5.97. The first kappa shape index (κ1) is 52.7. The molecule has 60 heavy (non-hydrogen) atoms. The van der Waals surface area contributed by atoms with Crippen molar-refractivity contribution < 1.29 is 48.9 Å². The van der Waals surface area contributed by atoms with Gasteiger partial charge in [-0.05, 0) is 77.2 Å². The first-order valence-corrected chi connectivity index (χ1v) is 20.2. The van der Waals surface area contributed by atoms with E-state index in [1.165, 1.54) is 6.92 Å². The minimum Gasteiger partial charge on any atom is -0.480 e. The number of nitrogens with one attached hydrogen (secondary N) is 9. The van der Waals surface area contributed by atoms with Crippen LogP contribution in [-0.2, 0) is 33.6 Å². The number of aliphatic hydroxyl groups is 2. The molecule has 0 aromatic heterocycles. The van der Waals surface area contributed by atoms with Crippen LogP contribution in [0.1, 0.15) is 85.0 Å². The number of nitrogens with zero attached hydrogens (tertiary/aromatic N) is 1. The van der Waals surface area contributed by atoms with Crippen molar-refractivity contribution in [2.24, 2.45) is 28.9 Å². The third-order valence-electron chi connectivity index (χ3n) is 10.0. The number of hydrogen-bond acceptors (Lipinski definition) is 13. The van der Waals surface area contributed by atoms with E-state index in [-0.39, 0.29) is 70.1 Å². The number of carboxylic acid groups (broad SMARTS) is 1. The molecule has 0 saturated carbocycles. The van der Waals surface area contributed by atoms with Gasteiger partial charge in [0.05, 0.1) is 12.7 Å². The van der Waals surface area contributed by atoms with Gasteiger partial charge in [0.2, 0.25) is 35.4 Å². The van der Waals surface area contributed by atoms with Crippen LogP contribution in [0.4, 0.5) is 0 Å². The van der Waals surface area contributed by atoms with E-state index in [4.69, 9.17) is 33.8 Å². The van der Waals surface area contributed by atoms with Gasteiger partial charge >= 0.3 is 5.97 Å². The number of aliphatic carboxylic acids is 1. The van der Waals surface area contributed by atoms with Gasteiger partial charge in [0.1, 0.15) is 42.3 Å². The molecule has 1 aliphatic rings. The minimum atomic E-state index is -1.55. The molecule has 9 atom stereocenters. The largest absolute Gasteiger partial charge is 0.480 e. The summed E-state index contributed by atoms with van der Waals surface area (Å²) < 4.78 is 0. The molecule has 24 nitrogen and oxygen atoms in total. The standard InChI is InChI=1S/C36H68N14O10/c1-4-19(2)27(49-30(55)21(10-5-6-14-37)46-31(56)26(38)20(3)52)32(57)47-23(12-8-16-44-36(41)42)28(53)45-22(11-7-15-43-35(39)40)29(54)48-24(18-51)33(58)50-17-9-13-25(50)34(59)60/h19-27,51-52H,4-18,37-38H2,1-3H3,(H,45,53)(H,46,56)(H,47,57)(H,48,54)(H,49,55)(H,59,60)(H4,39,40,43)(H4,41,42,44). The number of guanidine groups is 2. The molecule has 9 unspecified atom stereocenters. The molecule has 20 N–H and O–H groups in total. The number of amides is 6. The lowest BCUT2D eigenvalue weighted by Gasteiger charge is -2.30. The second kappa shape index (κ2) is 27.4. The molecule has 1 fully saturated rings. The number of carbonyl (C=O) groups is 7. The fourth-order valence-corrected chi connectivity index (χ4v) is 6.28. The number of aliphatic hydroxyl groups excluding tert-OH is 2. The Morgan fingerprint density at radius 2 is 1.20 bits per heavy atom. The molecule has 1 heterocycles. The van der Waals surface area contributed by atoms with Crippen molar-refractivity contribution in [1.29, 1.82) is 10.8 Å². The number of unbranched alkanes of at least 4 members (excludes halogenated alkanes) is 1. The second-order valence-electron chi connectivity index (χ2n) is 14.8. The third-order valence-corrected chi connectivity index (χ3v) is 10.0. The molecule has 0 aromatic carbocycles. The van der Waals surface area contributed by atoms with Crippen LogP contribution < -0.4 is 60.2 Å². The van der Waals surface area contributed by atoms with Gasteiger partial charge in [-0.3, -0.25) is 39.6 Å². The lowest BCUT2D eigenvalue weighted by Crippen LogP contribution is -2.61. The van der Waals surface area contributed by atoms with E-state index in [1.807, 2.05) is 0 Å². The average molecular weight is 857 g/mol. The zero-order chi connectivity index (χ0) is 45.5. The maximum Gasteiger partial charge on any atom is 0.326 e. The average Bonchev–Trinajstić information content (AvgIpc) is 3.70. The van der Waals surface area contributed by atoms with Gasteiger partial charge in [-0.2, -0.15) is 0 Å². The normalized spacial score (nSPS) is 17.6.